The van der Waals surface area contributed by atoms with Crippen LogP contribution in [-0.4, -0.2) is 48.6 Å². The number of carbonyl (C=O) groups is 1. The molecule has 27 heavy (non-hydrogen) atoms. The Bertz CT molecular complexity index is 638. The second kappa shape index (κ2) is 9.51. The molecule has 2 atom stereocenters. The van der Waals surface area contributed by atoms with E-state index in [4.69, 9.17) is 12.2 Å². The van der Waals surface area contributed by atoms with Crippen LogP contribution in [0.25, 0.3) is 0 Å². The molecule has 5 nitrogen and oxygen atoms in total. The Morgan fingerprint density at radius 2 is 1.89 bits per heavy atom. The van der Waals surface area contributed by atoms with Crippen molar-refractivity contribution in [1.82, 2.24) is 10.2 Å². The Hall–Kier alpha value is -1.66. The largest absolute Gasteiger partial charge is 0.362 e. The molecule has 2 aliphatic rings. The van der Waals surface area contributed by atoms with Crippen LogP contribution in [0.1, 0.15) is 39.5 Å². The first-order valence-corrected chi connectivity index (χ1v) is 10.6. The van der Waals surface area contributed by atoms with Crippen molar-refractivity contribution in [2.24, 2.45) is 11.8 Å². The van der Waals surface area contributed by atoms with Gasteiger partial charge in [0.05, 0.1) is 0 Å². The lowest BCUT2D eigenvalue weighted by Gasteiger charge is -2.35. The predicted octanol–water partition coefficient (Wildman–Crippen LogP) is 3.47. The van der Waals surface area contributed by atoms with Gasteiger partial charge in [0.25, 0.3) is 0 Å². The van der Waals surface area contributed by atoms with Gasteiger partial charge in [-0.1, -0.05) is 13.8 Å². The number of piperidine rings is 1. The fraction of sp³-hybridized carbons (Fsp3) is 0.619. The lowest BCUT2D eigenvalue weighted by Crippen LogP contribution is -2.40. The van der Waals surface area contributed by atoms with E-state index in [-0.39, 0.29) is 5.91 Å². The highest BCUT2D eigenvalue weighted by atomic mass is 32.1. The molecule has 2 fully saturated rings. The minimum Gasteiger partial charge on any atom is -0.362 e. The quantitative estimate of drug-likeness (QED) is 0.577. The molecule has 1 amide bonds. The molecule has 0 spiro atoms. The second-order valence-electron chi connectivity index (χ2n) is 8.14. The van der Waals surface area contributed by atoms with Crippen molar-refractivity contribution in [2.75, 3.05) is 42.9 Å². The summed E-state index contributed by atoms with van der Waals surface area (Å²) in [5.74, 6) is 1.83. The molecule has 0 bridgehead atoms. The van der Waals surface area contributed by atoms with E-state index < -0.39 is 0 Å². The topological polar surface area (TPSA) is 47.6 Å². The van der Waals surface area contributed by atoms with Crippen LogP contribution in [0.5, 0.6) is 0 Å². The van der Waals surface area contributed by atoms with E-state index in [1.54, 1.807) is 0 Å². The van der Waals surface area contributed by atoms with Crippen molar-refractivity contribution >= 4 is 34.6 Å². The van der Waals surface area contributed by atoms with Crippen LogP contribution < -0.4 is 15.5 Å². The van der Waals surface area contributed by atoms with Gasteiger partial charge >= 0.3 is 0 Å². The molecular formula is C21H32N4OS. The second-order valence-corrected chi connectivity index (χ2v) is 8.54. The maximum Gasteiger partial charge on any atom is 0.227 e. The summed E-state index contributed by atoms with van der Waals surface area (Å²) in [6.07, 6.45) is 4.05. The summed E-state index contributed by atoms with van der Waals surface area (Å²) in [6, 6.07) is 7.91. The molecule has 1 aromatic carbocycles. The highest BCUT2D eigenvalue weighted by Gasteiger charge is 2.22. The van der Waals surface area contributed by atoms with Crippen LogP contribution in [0.3, 0.4) is 0 Å². The molecule has 0 unspecified atom stereocenters. The molecule has 0 radical (unpaired) electrons. The van der Waals surface area contributed by atoms with Crippen molar-refractivity contribution in [3.63, 3.8) is 0 Å². The summed E-state index contributed by atoms with van der Waals surface area (Å²) in [7, 11) is 0. The van der Waals surface area contributed by atoms with Crippen LogP contribution in [-0.2, 0) is 4.79 Å². The number of amides is 1. The van der Waals surface area contributed by atoms with Crippen molar-refractivity contribution in [1.29, 1.82) is 0 Å². The third-order valence-electron chi connectivity index (χ3n) is 5.39. The SMILES string of the molecule is C[C@@H]1C[C@@H](C)CN(CCCNC(=S)Nc2ccc(N3CCCC3=O)cc2)C1. The smallest absolute Gasteiger partial charge is 0.227 e. The zero-order valence-corrected chi connectivity index (χ0v) is 17.4. The summed E-state index contributed by atoms with van der Waals surface area (Å²) < 4.78 is 0. The number of thiocarbonyl (C=S) groups is 1. The van der Waals surface area contributed by atoms with E-state index in [0.29, 0.717) is 11.5 Å². The third-order valence-corrected chi connectivity index (χ3v) is 5.64. The number of carbonyl (C=O) groups excluding carboxylic acids is 1. The van der Waals surface area contributed by atoms with Gasteiger partial charge in [-0.3, -0.25) is 4.79 Å². The van der Waals surface area contributed by atoms with E-state index in [1.807, 2.05) is 29.2 Å². The number of nitrogens with zero attached hydrogens (tertiary/aromatic N) is 2. The number of hydrogen-bond donors (Lipinski definition) is 2. The highest BCUT2D eigenvalue weighted by Crippen LogP contribution is 2.23. The van der Waals surface area contributed by atoms with E-state index in [2.05, 4.69) is 29.4 Å². The lowest BCUT2D eigenvalue weighted by atomic mass is 9.92. The summed E-state index contributed by atoms with van der Waals surface area (Å²) in [6.45, 7) is 9.97. The Labute approximate surface area is 168 Å². The molecule has 2 saturated heterocycles. The zero-order valence-electron chi connectivity index (χ0n) is 16.5. The number of benzene rings is 1. The van der Waals surface area contributed by atoms with E-state index >= 15 is 0 Å². The van der Waals surface area contributed by atoms with Gasteiger partial charge < -0.3 is 20.4 Å². The van der Waals surface area contributed by atoms with Crippen LogP contribution in [0.2, 0.25) is 0 Å². The first-order valence-electron chi connectivity index (χ1n) is 10.2. The molecule has 0 saturated carbocycles. The minimum atomic E-state index is 0.213. The molecular weight excluding hydrogens is 356 g/mol. The fourth-order valence-electron chi connectivity index (χ4n) is 4.30. The van der Waals surface area contributed by atoms with Crippen molar-refractivity contribution in [3.8, 4) is 0 Å². The van der Waals surface area contributed by atoms with Gasteiger partial charge in [-0.05, 0) is 74.1 Å². The zero-order chi connectivity index (χ0) is 19.2. The van der Waals surface area contributed by atoms with Crippen LogP contribution in [0.4, 0.5) is 11.4 Å². The molecule has 0 aliphatic carbocycles. The van der Waals surface area contributed by atoms with Gasteiger partial charge in [-0.15, -0.1) is 0 Å². The van der Waals surface area contributed by atoms with Crippen molar-refractivity contribution in [3.05, 3.63) is 24.3 Å². The van der Waals surface area contributed by atoms with Crippen molar-refractivity contribution < 1.29 is 4.79 Å². The van der Waals surface area contributed by atoms with Gasteiger partial charge in [0.1, 0.15) is 0 Å². The minimum absolute atomic E-state index is 0.213. The average molecular weight is 389 g/mol. The maximum absolute atomic E-state index is 11.8. The number of likely N-dealkylation sites (tertiary alicyclic amines) is 1. The highest BCUT2D eigenvalue weighted by molar-refractivity contribution is 7.80. The Morgan fingerprint density at radius 3 is 2.52 bits per heavy atom. The third kappa shape index (κ3) is 5.91. The molecule has 1 aromatic rings. The van der Waals surface area contributed by atoms with Crippen LogP contribution in [0.15, 0.2) is 24.3 Å². The molecule has 0 aromatic heterocycles. The van der Waals surface area contributed by atoms with E-state index in [1.165, 1.54) is 19.5 Å². The average Bonchev–Trinajstić information content (AvgIpc) is 3.05. The molecule has 6 heteroatoms. The normalized spacial score (nSPS) is 23.5. The molecule has 2 N–H and O–H groups in total. The van der Waals surface area contributed by atoms with Gasteiger partial charge in [-0.25, -0.2) is 0 Å². The molecule has 148 valence electrons. The molecule has 2 aliphatic heterocycles. The standard InChI is InChI=1S/C21H32N4OS/c1-16-13-17(2)15-24(14-16)11-4-10-22-21(27)23-18-6-8-19(9-7-18)25-12-3-5-20(25)26/h6-9,16-17H,3-5,10-15H2,1-2H3,(H2,22,23,27)/t16-,17-/m1/s1. The van der Waals surface area contributed by atoms with Gasteiger partial charge in [0.2, 0.25) is 5.91 Å². The van der Waals surface area contributed by atoms with Crippen LogP contribution >= 0.6 is 12.2 Å². The molecule has 3 rings (SSSR count). The van der Waals surface area contributed by atoms with E-state index in [9.17, 15) is 4.79 Å². The number of anilines is 2. The van der Waals surface area contributed by atoms with Crippen LogP contribution in [0, 0.1) is 11.8 Å². The number of nitrogens with one attached hydrogen (secondary N) is 2. The summed E-state index contributed by atoms with van der Waals surface area (Å²) in [4.78, 5) is 16.2. The number of hydrogen-bond acceptors (Lipinski definition) is 3. The first-order chi connectivity index (χ1) is 13.0. The lowest BCUT2D eigenvalue weighted by molar-refractivity contribution is -0.117. The van der Waals surface area contributed by atoms with Gasteiger partial charge in [-0.2, -0.15) is 0 Å². The number of rotatable bonds is 6. The van der Waals surface area contributed by atoms with E-state index in [0.717, 1.165) is 55.7 Å². The predicted molar refractivity (Wildman–Crippen MR) is 116 cm³/mol. The summed E-state index contributed by atoms with van der Waals surface area (Å²) in [5.41, 5.74) is 1.91. The first kappa shape index (κ1) is 20.1. The summed E-state index contributed by atoms with van der Waals surface area (Å²) >= 11 is 5.40. The maximum atomic E-state index is 11.8. The van der Waals surface area contributed by atoms with Crippen molar-refractivity contribution in [2.45, 2.75) is 39.5 Å². The Kier molecular flexibility index (Phi) is 7.07. The van der Waals surface area contributed by atoms with Gasteiger partial charge in [0.15, 0.2) is 5.11 Å². The molecule has 2 heterocycles. The fourth-order valence-corrected chi connectivity index (χ4v) is 4.52. The monoisotopic (exact) mass is 388 g/mol. The Balaban J connectivity index is 1.36. The van der Waals surface area contributed by atoms with Gasteiger partial charge in [0, 0.05) is 44.0 Å². The Morgan fingerprint density at radius 1 is 1.19 bits per heavy atom. The summed E-state index contributed by atoms with van der Waals surface area (Å²) in [5, 5.41) is 7.18.